The number of fused-ring (bicyclic) bond motifs is 5. The highest BCUT2D eigenvalue weighted by atomic mass is 79.9. The fourth-order valence-corrected chi connectivity index (χ4v) is 9.33. The average molecular weight is 850 g/mol. The Morgan fingerprint density at radius 1 is 0.438 bits per heavy atom. The monoisotopic (exact) mass is 846 g/mol. The summed E-state index contributed by atoms with van der Waals surface area (Å²) in [5.41, 5.74) is 1.54. The predicted molar refractivity (Wildman–Crippen MR) is 190 cm³/mol. The number of para-hydroxylation sites is 2. The number of amides is 4. The third-order valence-electron chi connectivity index (χ3n) is 9.47. The summed E-state index contributed by atoms with van der Waals surface area (Å²) in [6.07, 6.45) is 0. The largest absolute Gasteiger partial charge is 0.274 e. The predicted octanol–water partition coefficient (Wildman–Crippen LogP) is 8.27. The lowest BCUT2D eigenvalue weighted by molar-refractivity contribution is -0.136. The highest BCUT2D eigenvalue weighted by molar-refractivity contribution is 9.10. The number of hydrazine groups is 1. The van der Waals surface area contributed by atoms with E-state index in [1.54, 1.807) is 46.4 Å². The van der Waals surface area contributed by atoms with E-state index in [0.717, 1.165) is 18.7 Å². The second-order valence-corrected chi connectivity index (χ2v) is 15.3. The third-order valence-corrected chi connectivity index (χ3v) is 11.7. The van der Waals surface area contributed by atoms with Crippen molar-refractivity contribution >= 4 is 113 Å². The van der Waals surface area contributed by atoms with E-state index in [-0.39, 0.29) is 31.5 Å². The average Bonchev–Trinajstić information content (AvgIpc) is 3.71. The van der Waals surface area contributed by atoms with Gasteiger partial charge in [-0.15, -0.1) is 0 Å². The summed E-state index contributed by atoms with van der Waals surface area (Å²) in [6, 6.07) is 20.4. The van der Waals surface area contributed by atoms with E-state index in [4.69, 9.17) is 46.4 Å². The molecule has 0 radical (unpaired) electrons. The van der Waals surface area contributed by atoms with Crippen LogP contribution in [-0.4, -0.2) is 45.7 Å². The standard InChI is InChI=1S/C34H20Br2Cl4N4O4/c35-17-11-7-15(8-12-17)25-23-29(33(47)41(31(23)45)27-19(37)3-1-4-20(27)38)43-26(16-9-13-18(36)14-10-16)24-30(44(25)43)34(48)42(32(24)46)28-21(39)5-2-6-22(28)40/h1-14,23-26,29-30H. The number of anilines is 2. The molecule has 4 aromatic carbocycles. The summed E-state index contributed by atoms with van der Waals surface area (Å²) in [6.45, 7) is 0. The Hall–Kier alpha value is -2.80. The van der Waals surface area contributed by atoms with Crippen LogP contribution in [0.1, 0.15) is 23.2 Å². The van der Waals surface area contributed by atoms with E-state index < -0.39 is 59.6 Å². The summed E-state index contributed by atoms with van der Waals surface area (Å²) in [5, 5.41) is 4.09. The van der Waals surface area contributed by atoms with Gasteiger partial charge in [0.15, 0.2) is 0 Å². The van der Waals surface area contributed by atoms with E-state index in [0.29, 0.717) is 11.1 Å². The fourth-order valence-electron chi connectivity index (χ4n) is 7.66. The Morgan fingerprint density at radius 2 is 0.750 bits per heavy atom. The number of halogens is 6. The molecule has 0 aromatic heterocycles. The quantitative estimate of drug-likeness (QED) is 0.193. The zero-order chi connectivity index (χ0) is 33.8. The molecule has 6 atom stereocenters. The van der Waals surface area contributed by atoms with Crippen molar-refractivity contribution in [2.75, 3.05) is 9.80 Å². The molecule has 6 unspecified atom stereocenters. The maximum absolute atomic E-state index is 14.7. The van der Waals surface area contributed by atoms with Crippen molar-refractivity contribution in [3.8, 4) is 0 Å². The van der Waals surface area contributed by atoms with Gasteiger partial charge in [0.1, 0.15) is 12.1 Å². The molecule has 8 nitrogen and oxygen atoms in total. The summed E-state index contributed by atoms with van der Waals surface area (Å²) in [7, 11) is 0. The molecule has 0 aliphatic carbocycles. The van der Waals surface area contributed by atoms with Crippen LogP contribution in [0.2, 0.25) is 20.1 Å². The molecule has 4 aromatic rings. The summed E-state index contributed by atoms with van der Waals surface area (Å²) < 4.78 is 1.60. The molecule has 4 amide bonds. The first kappa shape index (κ1) is 32.4. The number of carbonyl (C=O) groups is 4. The minimum absolute atomic E-state index is 0.0950. The van der Waals surface area contributed by atoms with Crippen molar-refractivity contribution in [1.82, 2.24) is 10.0 Å². The SMILES string of the molecule is O=C1C2C(C(=O)N1c1c(Cl)cccc1Cl)N1C(c3ccc(Br)cc3)C3C(=O)N(c4c(Cl)cccc4Cl)C(=O)C3N1C2c1ccc(Br)cc1. The van der Waals surface area contributed by atoms with Gasteiger partial charge in [-0.1, -0.05) is 115 Å². The molecule has 4 aliphatic heterocycles. The number of imide groups is 2. The Kier molecular flexibility index (Phi) is 8.05. The number of nitrogens with zero attached hydrogens (tertiary/aromatic N) is 4. The first-order valence-electron chi connectivity index (χ1n) is 14.7. The maximum atomic E-state index is 14.7. The Balaban J connectivity index is 1.35. The first-order valence-corrected chi connectivity index (χ1v) is 17.8. The zero-order valence-corrected chi connectivity index (χ0v) is 30.4. The van der Waals surface area contributed by atoms with Crippen LogP contribution in [0.25, 0.3) is 0 Å². The van der Waals surface area contributed by atoms with Crippen LogP contribution in [0, 0.1) is 11.8 Å². The molecular weight excluding hydrogens is 830 g/mol. The van der Waals surface area contributed by atoms with Crippen LogP contribution in [0.5, 0.6) is 0 Å². The van der Waals surface area contributed by atoms with Gasteiger partial charge in [-0.3, -0.25) is 19.2 Å². The molecule has 4 heterocycles. The molecule has 0 spiro atoms. The van der Waals surface area contributed by atoms with Crippen molar-refractivity contribution in [2.45, 2.75) is 24.2 Å². The third kappa shape index (κ3) is 4.61. The van der Waals surface area contributed by atoms with Gasteiger partial charge in [0.25, 0.3) is 11.8 Å². The lowest BCUT2D eigenvalue weighted by Gasteiger charge is -2.36. The number of carbonyl (C=O) groups excluding carboxylic acids is 4. The minimum Gasteiger partial charge on any atom is -0.274 e. The lowest BCUT2D eigenvalue weighted by Crippen LogP contribution is -2.50. The van der Waals surface area contributed by atoms with Crippen molar-refractivity contribution < 1.29 is 19.2 Å². The molecule has 48 heavy (non-hydrogen) atoms. The topological polar surface area (TPSA) is 81.2 Å². The van der Waals surface area contributed by atoms with Gasteiger partial charge >= 0.3 is 0 Å². The Morgan fingerprint density at radius 3 is 1.06 bits per heavy atom. The van der Waals surface area contributed by atoms with E-state index in [1.807, 2.05) is 48.5 Å². The van der Waals surface area contributed by atoms with Crippen LogP contribution in [0.4, 0.5) is 11.4 Å². The Labute approximate surface area is 311 Å². The molecule has 4 fully saturated rings. The normalized spacial score (nSPS) is 26.9. The number of benzene rings is 4. The van der Waals surface area contributed by atoms with E-state index in [1.165, 1.54) is 0 Å². The van der Waals surface area contributed by atoms with Crippen LogP contribution in [-0.2, 0) is 19.2 Å². The van der Waals surface area contributed by atoms with E-state index in [2.05, 4.69) is 31.9 Å². The maximum Gasteiger partial charge on any atom is 0.253 e. The van der Waals surface area contributed by atoms with E-state index >= 15 is 0 Å². The highest BCUT2D eigenvalue weighted by Crippen LogP contribution is 2.60. The van der Waals surface area contributed by atoms with Crippen LogP contribution < -0.4 is 9.80 Å². The van der Waals surface area contributed by atoms with Gasteiger partial charge < -0.3 is 0 Å². The number of rotatable bonds is 4. The molecule has 0 bridgehead atoms. The summed E-state index contributed by atoms with van der Waals surface area (Å²) in [5.74, 6) is -4.11. The van der Waals surface area contributed by atoms with Gasteiger partial charge in [0, 0.05) is 8.95 Å². The summed E-state index contributed by atoms with van der Waals surface area (Å²) >= 11 is 33.2. The smallest absolute Gasteiger partial charge is 0.253 e. The van der Waals surface area contributed by atoms with Gasteiger partial charge in [0.05, 0.1) is 55.4 Å². The first-order chi connectivity index (χ1) is 23.0. The van der Waals surface area contributed by atoms with Crippen molar-refractivity contribution in [3.05, 3.63) is 125 Å². The molecule has 8 rings (SSSR count). The molecule has 14 heteroatoms. The molecule has 0 N–H and O–H groups in total. The fraction of sp³-hybridized carbons (Fsp3) is 0.176. The molecular formula is C34H20Br2Cl4N4O4. The molecule has 242 valence electrons. The number of hydrogen-bond acceptors (Lipinski definition) is 6. The number of hydrogen-bond donors (Lipinski definition) is 0. The lowest BCUT2D eigenvalue weighted by atomic mass is 9.84. The van der Waals surface area contributed by atoms with Crippen molar-refractivity contribution in [1.29, 1.82) is 0 Å². The highest BCUT2D eigenvalue weighted by Gasteiger charge is 2.74. The second kappa shape index (κ2) is 11.9. The zero-order valence-electron chi connectivity index (χ0n) is 24.2. The van der Waals surface area contributed by atoms with Gasteiger partial charge in [-0.2, -0.15) is 0 Å². The molecule has 4 aliphatic rings. The van der Waals surface area contributed by atoms with Gasteiger partial charge in [0.2, 0.25) is 11.8 Å². The Bertz CT molecular complexity index is 1880. The van der Waals surface area contributed by atoms with Crippen LogP contribution >= 0.6 is 78.3 Å². The summed E-state index contributed by atoms with van der Waals surface area (Å²) in [4.78, 5) is 60.6. The molecule has 0 saturated carbocycles. The van der Waals surface area contributed by atoms with E-state index in [9.17, 15) is 19.2 Å². The van der Waals surface area contributed by atoms with Crippen LogP contribution in [0.15, 0.2) is 93.9 Å². The van der Waals surface area contributed by atoms with Crippen molar-refractivity contribution in [2.24, 2.45) is 11.8 Å². The second-order valence-electron chi connectivity index (χ2n) is 11.9. The van der Waals surface area contributed by atoms with Gasteiger partial charge in [-0.05, 0) is 59.7 Å². The van der Waals surface area contributed by atoms with Crippen LogP contribution in [0.3, 0.4) is 0 Å². The minimum atomic E-state index is -1.09. The van der Waals surface area contributed by atoms with Gasteiger partial charge in [-0.25, -0.2) is 19.8 Å². The molecule has 4 saturated heterocycles. The van der Waals surface area contributed by atoms with Crippen molar-refractivity contribution in [3.63, 3.8) is 0 Å².